The van der Waals surface area contributed by atoms with E-state index in [9.17, 15) is 9.60 Å². The van der Waals surface area contributed by atoms with Crippen LogP contribution >= 0.6 is 0 Å². The van der Waals surface area contributed by atoms with Crippen LogP contribution in [0.1, 0.15) is 35.6 Å². The number of furan rings is 2. The Morgan fingerprint density at radius 3 is 1.74 bits per heavy atom. The van der Waals surface area contributed by atoms with Gasteiger partial charge in [0.15, 0.2) is 0 Å². The van der Waals surface area contributed by atoms with Crippen molar-refractivity contribution in [2.24, 2.45) is 0 Å². The van der Waals surface area contributed by atoms with Gasteiger partial charge in [-0.2, -0.15) is 0 Å². The lowest BCUT2D eigenvalue weighted by molar-refractivity contribution is 0.617. The van der Waals surface area contributed by atoms with Crippen LogP contribution < -0.4 is 0 Å². The maximum absolute atomic E-state index is 9.99. The number of para-hydroxylation sites is 1. The monoisotopic (exact) mass is 612 g/mol. The Bertz CT molecular complexity index is 4170. The minimum Gasteiger partial charge on any atom is -0.463 e. The maximum Gasteiger partial charge on any atom is 0.143 e. The van der Waals surface area contributed by atoms with Crippen LogP contribution in [-0.2, 0) is 0 Å². The van der Waals surface area contributed by atoms with Gasteiger partial charge >= 0.3 is 0 Å². The Morgan fingerprint density at radius 2 is 1.00 bits per heavy atom. The molecular formula is C44H26O2. The van der Waals surface area contributed by atoms with E-state index in [-0.39, 0.29) is 0 Å². The van der Waals surface area contributed by atoms with Crippen molar-refractivity contribution in [2.75, 3.05) is 0 Å². The minimum atomic E-state index is -1.01. The summed E-state index contributed by atoms with van der Waals surface area (Å²) in [5.74, 6) is 0. The highest BCUT2D eigenvalue weighted by molar-refractivity contribution is 6.29. The van der Waals surface area contributed by atoms with Gasteiger partial charge in [0.25, 0.3) is 0 Å². The third-order valence-electron chi connectivity index (χ3n) is 7.72. The van der Waals surface area contributed by atoms with Crippen molar-refractivity contribution in [3.63, 3.8) is 0 Å². The predicted molar refractivity (Wildman–Crippen MR) is 192 cm³/mol. The lowest BCUT2D eigenvalue weighted by atomic mass is 9.85. The van der Waals surface area contributed by atoms with Gasteiger partial charge in [0.1, 0.15) is 18.1 Å². The molecule has 10 aromatic rings. The second-order valence-corrected chi connectivity index (χ2v) is 10.0. The molecule has 10 rings (SSSR count). The van der Waals surface area contributed by atoms with Crippen molar-refractivity contribution in [3.05, 3.63) is 157 Å². The van der Waals surface area contributed by atoms with E-state index in [4.69, 9.17) is 34.9 Å². The fraction of sp³-hybridized carbons (Fsp3) is 0. The normalized spacial score (nSPS) is 19.8. The number of hydrogen-bond donors (Lipinski definition) is 0. The molecule has 2 aromatic heterocycles. The van der Waals surface area contributed by atoms with Gasteiger partial charge in [-0.15, -0.1) is 0 Å². The molecule has 2 heteroatoms. The van der Waals surface area contributed by atoms with Crippen LogP contribution in [0, 0.1) is 0 Å². The molecule has 2 heterocycles. The zero-order chi connectivity index (χ0) is 52.8. The largest absolute Gasteiger partial charge is 0.463 e. The average Bonchev–Trinajstić information content (AvgIpc) is 3.91. The highest BCUT2D eigenvalue weighted by atomic mass is 16.3. The fourth-order valence-electron chi connectivity index (χ4n) is 5.90. The fourth-order valence-corrected chi connectivity index (χ4v) is 5.90. The van der Waals surface area contributed by atoms with E-state index in [0.717, 1.165) is 0 Å². The maximum atomic E-state index is 9.99. The lowest BCUT2D eigenvalue weighted by Gasteiger charge is -2.18. The summed E-state index contributed by atoms with van der Waals surface area (Å²) in [4.78, 5) is 0. The van der Waals surface area contributed by atoms with Gasteiger partial charge in [0, 0.05) is 32.8 Å². The topological polar surface area (TPSA) is 26.3 Å². The van der Waals surface area contributed by atoms with Gasteiger partial charge < -0.3 is 8.83 Å². The van der Waals surface area contributed by atoms with Gasteiger partial charge in [-0.1, -0.05) is 139 Å². The Kier molecular flexibility index (Phi) is 2.26. The number of fused-ring (bicyclic) bond motifs is 8. The van der Waals surface area contributed by atoms with E-state index in [1.165, 1.54) is 0 Å². The zero-order valence-electron chi connectivity index (χ0n) is 48.8. The zero-order valence-corrected chi connectivity index (χ0v) is 22.8. The highest BCUT2D eigenvalue weighted by Crippen LogP contribution is 2.50. The standard InChI is InChI=1S/C44H26O2/c1-2-14-28(15-3-1)40-31-18-6-8-20-33(31)41(34-21-9-7-19-32(34)40)36-25-39-42(35-22-10-11-24-38(35)46-39)43-37(26-45-44(36)43)30-23-12-16-27-13-4-5-17-29(27)30/h1-26H/i1D,2D,3D,4D,5D,6D,7D,8D,9D,10D,11D,12D,13D,14D,15D,16D,17D,18D,19D,20D,21D,22D,23D,24D,25D,26D. The smallest absolute Gasteiger partial charge is 0.143 e. The number of rotatable bonds is 3. The number of hydrogen-bond acceptors (Lipinski definition) is 2. The molecule has 0 N–H and O–H groups in total. The second-order valence-electron chi connectivity index (χ2n) is 10.0. The molecule has 0 saturated heterocycles. The van der Waals surface area contributed by atoms with Crippen LogP contribution in [-0.4, -0.2) is 0 Å². The summed E-state index contributed by atoms with van der Waals surface area (Å²) < 4.78 is 245. The van der Waals surface area contributed by atoms with Gasteiger partial charge in [0.2, 0.25) is 0 Å². The molecule has 0 bridgehead atoms. The minimum absolute atomic E-state index is 0.443. The molecule has 0 saturated carbocycles. The van der Waals surface area contributed by atoms with Gasteiger partial charge in [-0.05, 0) is 61.1 Å². The average molecular weight is 613 g/mol. The molecule has 0 aliphatic carbocycles. The summed E-state index contributed by atoms with van der Waals surface area (Å²) >= 11 is 0. The van der Waals surface area contributed by atoms with Gasteiger partial charge in [-0.25, -0.2) is 0 Å². The lowest BCUT2D eigenvalue weighted by Crippen LogP contribution is -1.91. The van der Waals surface area contributed by atoms with Crippen molar-refractivity contribution in [1.82, 2.24) is 0 Å². The first kappa shape index (κ1) is 10.8. The summed E-state index contributed by atoms with van der Waals surface area (Å²) in [6.07, 6.45) is -1.01. The number of benzene rings is 8. The van der Waals surface area contributed by atoms with E-state index in [0.29, 0.717) is 0 Å². The molecule has 0 spiro atoms. The first-order chi connectivity index (χ1) is 33.6. The van der Waals surface area contributed by atoms with Crippen molar-refractivity contribution in [2.45, 2.75) is 0 Å². The quantitative estimate of drug-likeness (QED) is 0.186. The third-order valence-corrected chi connectivity index (χ3v) is 7.72. The van der Waals surface area contributed by atoms with Crippen LogP contribution in [0.15, 0.2) is 166 Å². The molecule has 0 aliphatic heterocycles. The molecule has 0 atom stereocenters. The van der Waals surface area contributed by atoms with Crippen LogP contribution in [0.25, 0.3) is 98.6 Å². The third kappa shape index (κ3) is 3.53. The van der Waals surface area contributed by atoms with Crippen molar-refractivity contribution in [3.8, 4) is 33.4 Å². The highest BCUT2D eigenvalue weighted by Gasteiger charge is 2.25. The van der Waals surface area contributed by atoms with Crippen LogP contribution in [0.5, 0.6) is 0 Å². The molecule has 46 heavy (non-hydrogen) atoms. The van der Waals surface area contributed by atoms with E-state index >= 15 is 0 Å². The molecule has 8 aromatic carbocycles. The summed E-state index contributed by atoms with van der Waals surface area (Å²) in [5, 5.41) is -5.37. The molecule has 0 unspecified atom stereocenters. The Labute approximate surface area is 301 Å². The summed E-state index contributed by atoms with van der Waals surface area (Å²) in [5.41, 5.74) is -6.10. The Hall–Kier alpha value is -6.12. The molecule has 2 nitrogen and oxygen atoms in total. The SMILES string of the molecule is [2H]c1oc2c(-c3c4c([2H])c([2H])c([2H])c([2H])c4c(-c4c([2H])c([2H])c([2H])c([2H])c4[2H])c4c([2H])c([2H])c([2H])c([2H])c34)c([2H])c3oc4c([2H])c([2H])c([2H])c([2H])c4c3c2c1-c1c([2H])c([2H])c([2H])c2c([2H])c([2H])c([2H])c([2H])c12. The van der Waals surface area contributed by atoms with Crippen molar-refractivity contribution in [1.29, 1.82) is 0 Å². The first-order valence-electron chi connectivity index (χ1n) is 26.6. The molecule has 0 amide bonds. The summed E-state index contributed by atoms with van der Waals surface area (Å²) in [6.45, 7) is 0. The molecular weight excluding hydrogens is 560 g/mol. The summed E-state index contributed by atoms with van der Waals surface area (Å²) in [7, 11) is 0. The van der Waals surface area contributed by atoms with Gasteiger partial charge in [0.05, 0.1) is 40.5 Å². The van der Waals surface area contributed by atoms with Crippen molar-refractivity contribution >= 4 is 65.2 Å². The molecule has 0 fully saturated rings. The van der Waals surface area contributed by atoms with Crippen LogP contribution in [0.4, 0.5) is 0 Å². The van der Waals surface area contributed by atoms with Crippen LogP contribution in [0.2, 0.25) is 0 Å². The molecule has 0 radical (unpaired) electrons. The van der Waals surface area contributed by atoms with Crippen molar-refractivity contribution < 1.29 is 44.5 Å². The Morgan fingerprint density at radius 1 is 0.413 bits per heavy atom. The first-order valence-corrected chi connectivity index (χ1v) is 13.6. The van der Waals surface area contributed by atoms with Crippen LogP contribution in [0.3, 0.4) is 0 Å². The predicted octanol–water partition coefficient (Wildman–Crippen LogP) is 12.8. The second kappa shape index (κ2) is 9.69. The van der Waals surface area contributed by atoms with Gasteiger partial charge in [-0.3, -0.25) is 0 Å². The molecule has 214 valence electrons. The van der Waals surface area contributed by atoms with E-state index in [1.807, 2.05) is 0 Å². The Balaban J connectivity index is 1.60. The van der Waals surface area contributed by atoms with E-state index in [2.05, 4.69) is 0 Å². The van der Waals surface area contributed by atoms with E-state index < -0.39 is 256 Å². The molecule has 0 aliphatic rings. The van der Waals surface area contributed by atoms with E-state index in [1.54, 1.807) is 0 Å². The summed E-state index contributed by atoms with van der Waals surface area (Å²) in [6, 6.07) is -22.4.